The van der Waals surface area contributed by atoms with Crippen LogP contribution >= 0.6 is 12.6 Å². The zero-order chi connectivity index (χ0) is 24.1. The molecule has 4 unspecified atom stereocenters. The zero-order valence-corrected chi connectivity index (χ0v) is 17.2. The van der Waals surface area contributed by atoms with Gasteiger partial charge in [-0.15, -0.1) is 0 Å². The molecule has 0 aliphatic carbocycles. The molecule has 0 bridgehead atoms. The Morgan fingerprint density at radius 1 is 0.742 bits per heavy atom. The molecule has 4 atom stereocenters. The number of carboxylic acid groups (broad SMARTS) is 3. The monoisotopic (exact) mass is 466 g/mol. The predicted octanol–water partition coefficient (Wildman–Crippen LogP) is -3.50. The van der Waals surface area contributed by atoms with Crippen LogP contribution in [0.1, 0.15) is 25.7 Å². The van der Waals surface area contributed by atoms with Crippen LogP contribution in [-0.4, -0.2) is 92.6 Å². The third-order valence-corrected chi connectivity index (χ3v) is 4.26. The van der Waals surface area contributed by atoms with Crippen molar-refractivity contribution in [3.63, 3.8) is 0 Å². The average molecular weight is 466 g/mol. The standard InChI is InChI=1S/C16H26N4O10S/c17-7(5-21)13(26)18-8(1-3-11(22)23)14(27)19-9(2-4-12(24)25)15(28)20-10(6-31)16(29)30/h7-10,21,31H,1-6,17H2,(H,18,26)(H,19,27)(H,20,28)(H,22,23)(H,24,25)(H,29,30). The van der Waals surface area contributed by atoms with Crippen LogP contribution < -0.4 is 21.7 Å². The first kappa shape index (κ1) is 28.1. The van der Waals surface area contributed by atoms with Crippen molar-refractivity contribution in [2.24, 2.45) is 5.73 Å². The Morgan fingerprint density at radius 3 is 1.45 bits per heavy atom. The molecule has 0 heterocycles. The van der Waals surface area contributed by atoms with Gasteiger partial charge >= 0.3 is 17.9 Å². The summed E-state index contributed by atoms with van der Waals surface area (Å²) in [5.74, 6) is -7.25. The third kappa shape index (κ3) is 11.2. The average Bonchev–Trinajstić information content (AvgIpc) is 2.70. The number of rotatable bonds is 15. The molecule has 0 saturated carbocycles. The number of aliphatic hydroxyl groups excluding tert-OH is 1. The van der Waals surface area contributed by atoms with E-state index in [2.05, 4.69) is 28.6 Å². The van der Waals surface area contributed by atoms with Crippen molar-refractivity contribution in [1.29, 1.82) is 0 Å². The zero-order valence-electron chi connectivity index (χ0n) is 16.3. The van der Waals surface area contributed by atoms with Crippen molar-refractivity contribution in [2.75, 3.05) is 12.4 Å². The molecule has 3 amide bonds. The second-order valence-electron chi connectivity index (χ2n) is 6.36. The molecule has 14 nitrogen and oxygen atoms in total. The normalized spacial score (nSPS) is 14.4. The van der Waals surface area contributed by atoms with E-state index in [0.29, 0.717) is 0 Å². The second-order valence-corrected chi connectivity index (χ2v) is 6.72. The molecule has 0 radical (unpaired) electrons. The highest BCUT2D eigenvalue weighted by Gasteiger charge is 2.30. The van der Waals surface area contributed by atoms with Crippen molar-refractivity contribution in [2.45, 2.75) is 49.9 Å². The maximum Gasteiger partial charge on any atom is 0.327 e. The first-order chi connectivity index (χ1) is 14.4. The van der Waals surface area contributed by atoms with Gasteiger partial charge in [-0.1, -0.05) is 0 Å². The molecule has 31 heavy (non-hydrogen) atoms. The Labute approximate surface area is 182 Å². The third-order valence-electron chi connectivity index (χ3n) is 3.89. The van der Waals surface area contributed by atoms with Crippen molar-refractivity contribution < 1.29 is 49.2 Å². The minimum atomic E-state index is -1.50. The minimum Gasteiger partial charge on any atom is -0.481 e. The van der Waals surface area contributed by atoms with E-state index in [1.54, 1.807) is 0 Å². The first-order valence-electron chi connectivity index (χ1n) is 8.97. The molecule has 0 aromatic carbocycles. The molecule has 176 valence electrons. The molecule has 0 saturated heterocycles. The van der Waals surface area contributed by atoms with Gasteiger partial charge in [0.15, 0.2) is 0 Å². The van der Waals surface area contributed by atoms with E-state index in [-0.39, 0.29) is 5.75 Å². The van der Waals surface area contributed by atoms with E-state index < -0.39 is 92.1 Å². The van der Waals surface area contributed by atoms with Crippen LogP contribution in [0.5, 0.6) is 0 Å². The molecule has 0 aromatic rings. The van der Waals surface area contributed by atoms with E-state index in [1.165, 1.54) is 0 Å². The number of thiol groups is 1. The first-order valence-corrected chi connectivity index (χ1v) is 9.60. The van der Waals surface area contributed by atoms with E-state index in [0.717, 1.165) is 0 Å². The maximum absolute atomic E-state index is 12.6. The SMILES string of the molecule is NC(CO)C(=O)NC(CCC(=O)O)C(=O)NC(CCC(=O)O)C(=O)NC(CS)C(=O)O. The fraction of sp³-hybridized carbons (Fsp3) is 0.625. The lowest BCUT2D eigenvalue weighted by atomic mass is 10.1. The molecular weight excluding hydrogens is 440 g/mol. The fourth-order valence-electron chi connectivity index (χ4n) is 2.17. The number of aliphatic hydroxyl groups is 1. The van der Waals surface area contributed by atoms with Crippen LogP contribution in [0.4, 0.5) is 0 Å². The van der Waals surface area contributed by atoms with Gasteiger partial charge in [0.1, 0.15) is 24.2 Å². The smallest absolute Gasteiger partial charge is 0.327 e. The minimum absolute atomic E-state index is 0.281. The Hall–Kier alpha value is -2.91. The van der Waals surface area contributed by atoms with E-state index >= 15 is 0 Å². The summed E-state index contributed by atoms with van der Waals surface area (Å²) in [6.45, 7) is -0.747. The lowest BCUT2D eigenvalue weighted by Crippen LogP contribution is -2.57. The van der Waals surface area contributed by atoms with Crippen LogP contribution in [-0.2, 0) is 28.8 Å². The van der Waals surface area contributed by atoms with Gasteiger partial charge in [0.05, 0.1) is 6.61 Å². The molecule has 15 heteroatoms. The lowest BCUT2D eigenvalue weighted by molar-refractivity contribution is -0.142. The van der Waals surface area contributed by atoms with Gasteiger partial charge in [0.25, 0.3) is 0 Å². The van der Waals surface area contributed by atoms with Gasteiger partial charge in [-0.3, -0.25) is 24.0 Å². The molecular formula is C16H26N4O10S. The van der Waals surface area contributed by atoms with Gasteiger partial charge in [0.2, 0.25) is 17.7 Å². The summed E-state index contributed by atoms with van der Waals surface area (Å²) in [7, 11) is 0. The van der Waals surface area contributed by atoms with Crippen LogP contribution in [0.25, 0.3) is 0 Å². The summed E-state index contributed by atoms with van der Waals surface area (Å²) in [6, 6.07) is -5.77. The van der Waals surface area contributed by atoms with Gasteiger partial charge in [0, 0.05) is 18.6 Å². The predicted molar refractivity (Wildman–Crippen MR) is 106 cm³/mol. The Morgan fingerprint density at radius 2 is 1.13 bits per heavy atom. The van der Waals surface area contributed by atoms with Crippen LogP contribution in [0.3, 0.4) is 0 Å². The van der Waals surface area contributed by atoms with Crippen molar-refractivity contribution in [3.8, 4) is 0 Å². The largest absolute Gasteiger partial charge is 0.481 e. The fourth-order valence-corrected chi connectivity index (χ4v) is 2.41. The molecule has 0 aliphatic rings. The number of carbonyl (C=O) groups excluding carboxylic acids is 3. The lowest BCUT2D eigenvalue weighted by Gasteiger charge is -2.24. The number of hydrogen-bond acceptors (Lipinski definition) is 9. The number of carboxylic acids is 3. The highest BCUT2D eigenvalue weighted by atomic mass is 32.1. The Balaban J connectivity index is 5.48. The number of aliphatic carboxylic acids is 3. The van der Waals surface area contributed by atoms with E-state index in [9.17, 15) is 28.8 Å². The summed E-state index contributed by atoms with van der Waals surface area (Å²) < 4.78 is 0. The number of nitrogens with one attached hydrogen (secondary N) is 3. The topological polar surface area (TPSA) is 245 Å². The molecule has 0 aliphatic heterocycles. The number of carbonyl (C=O) groups is 6. The molecule has 0 spiro atoms. The van der Waals surface area contributed by atoms with Crippen LogP contribution in [0, 0.1) is 0 Å². The number of hydrogen-bond donors (Lipinski definition) is 9. The summed E-state index contributed by atoms with van der Waals surface area (Å²) in [5.41, 5.74) is 5.35. The van der Waals surface area contributed by atoms with Gasteiger partial charge in [-0.05, 0) is 12.8 Å². The van der Waals surface area contributed by atoms with Gasteiger partial charge in [-0.25, -0.2) is 4.79 Å². The molecule has 0 rings (SSSR count). The van der Waals surface area contributed by atoms with Crippen molar-refractivity contribution >= 4 is 48.3 Å². The highest BCUT2D eigenvalue weighted by Crippen LogP contribution is 2.04. The van der Waals surface area contributed by atoms with Gasteiger partial charge in [-0.2, -0.15) is 12.6 Å². The summed E-state index contributed by atoms with van der Waals surface area (Å²) >= 11 is 3.79. The maximum atomic E-state index is 12.6. The highest BCUT2D eigenvalue weighted by molar-refractivity contribution is 7.80. The summed E-state index contributed by atoms with van der Waals surface area (Å²) in [6.07, 6.45) is -1.91. The molecule has 9 N–H and O–H groups in total. The van der Waals surface area contributed by atoms with Crippen molar-refractivity contribution in [1.82, 2.24) is 16.0 Å². The second kappa shape index (κ2) is 14.2. The number of amides is 3. The quantitative estimate of drug-likeness (QED) is 0.107. The molecule has 0 fully saturated rings. The van der Waals surface area contributed by atoms with Crippen LogP contribution in [0.2, 0.25) is 0 Å². The number of nitrogens with two attached hydrogens (primary N) is 1. The summed E-state index contributed by atoms with van der Waals surface area (Å²) in [4.78, 5) is 69.6. The van der Waals surface area contributed by atoms with E-state index in [1.807, 2.05) is 0 Å². The summed E-state index contributed by atoms with van der Waals surface area (Å²) in [5, 5.41) is 42.0. The van der Waals surface area contributed by atoms with Crippen LogP contribution in [0.15, 0.2) is 0 Å². The Kier molecular flexibility index (Phi) is 12.8. The van der Waals surface area contributed by atoms with E-state index in [4.69, 9.17) is 26.2 Å². The van der Waals surface area contributed by atoms with Crippen molar-refractivity contribution in [3.05, 3.63) is 0 Å². The van der Waals surface area contributed by atoms with Gasteiger partial charge < -0.3 is 42.1 Å². The molecule has 0 aromatic heterocycles. The Bertz CT molecular complexity index is 689.